The van der Waals surface area contributed by atoms with Gasteiger partial charge < -0.3 is 4.74 Å². The van der Waals surface area contributed by atoms with Gasteiger partial charge in [-0.05, 0) is 36.2 Å². The molecule has 6 heteroatoms. The molecule has 0 saturated heterocycles. The predicted molar refractivity (Wildman–Crippen MR) is 114 cm³/mol. The lowest BCUT2D eigenvalue weighted by atomic mass is 10.0. The Balaban J connectivity index is 1.58. The number of aryl methyl sites for hydroxylation is 1. The van der Waals surface area contributed by atoms with Gasteiger partial charge in [0, 0.05) is 22.7 Å². The molecule has 5 nitrogen and oxygen atoms in total. The average Bonchev–Trinajstić information content (AvgIpc) is 2.71. The summed E-state index contributed by atoms with van der Waals surface area (Å²) in [6.07, 6.45) is 0. The van der Waals surface area contributed by atoms with Crippen molar-refractivity contribution in [1.29, 1.82) is 0 Å². The highest BCUT2D eigenvalue weighted by atomic mass is 32.2. The Kier molecular flexibility index (Phi) is 5.05. The molecule has 1 aromatic heterocycles. The third-order valence-electron chi connectivity index (χ3n) is 4.66. The molecule has 0 aliphatic carbocycles. The van der Waals surface area contributed by atoms with Crippen LogP contribution >= 0.6 is 0 Å². The van der Waals surface area contributed by atoms with Crippen LogP contribution in [0.3, 0.4) is 0 Å². The molecule has 0 radical (unpaired) electrons. The van der Waals surface area contributed by atoms with E-state index in [4.69, 9.17) is 9.88 Å². The second-order valence-electron chi connectivity index (χ2n) is 6.81. The number of primary sulfonamides is 1. The van der Waals surface area contributed by atoms with Gasteiger partial charge in [0.05, 0.1) is 10.4 Å². The molecule has 0 aliphatic rings. The van der Waals surface area contributed by atoms with Crippen molar-refractivity contribution in [2.24, 2.45) is 5.14 Å². The molecule has 0 saturated carbocycles. The summed E-state index contributed by atoms with van der Waals surface area (Å²) >= 11 is 0. The fraction of sp³-hybridized carbons (Fsp3) is 0.0870. The number of ether oxygens (including phenoxy) is 1. The number of nitrogens with zero attached hydrogens (tertiary/aromatic N) is 1. The molecule has 0 bridgehead atoms. The Morgan fingerprint density at radius 1 is 0.931 bits per heavy atom. The second kappa shape index (κ2) is 7.66. The lowest BCUT2D eigenvalue weighted by Crippen LogP contribution is -2.13. The molecule has 0 amide bonds. The third kappa shape index (κ3) is 4.13. The van der Waals surface area contributed by atoms with Gasteiger partial charge in [-0.2, -0.15) is 0 Å². The van der Waals surface area contributed by atoms with E-state index in [1.54, 1.807) is 18.2 Å². The van der Waals surface area contributed by atoms with Crippen molar-refractivity contribution in [3.8, 4) is 16.9 Å². The molecule has 29 heavy (non-hydrogen) atoms. The Morgan fingerprint density at radius 2 is 1.62 bits per heavy atom. The zero-order valence-corrected chi connectivity index (χ0v) is 16.7. The normalized spacial score (nSPS) is 11.5. The highest BCUT2D eigenvalue weighted by Crippen LogP contribution is 2.28. The molecule has 1 heterocycles. The number of rotatable bonds is 5. The van der Waals surface area contributed by atoms with E-state index >= 15 is 0 Å². The second-order valence-corrected chi connectivity index (χ2v) is 8.34. The molecule has 4 rings (SSSR count). The number of aromatic nitrogens is 1. The summed E-state index contributed by atoms with van der Waals surface area (Å²) in [5.41, 5.74) is 4.13. The number of fused-ring (bicyclic) bond motifs is 1. The van der Waals surface area contributed by atoms with E-state index in [-0.39, 0.29) is 4.90 Å². The Hall–Kier alpha value is -3.22. The number of pyridine rings is 1. The maximum absolute atomic E-state index is 11.8. The fourth-order valence-corrected chi connectivity index (χ4v) is 4.04. The van der Waals surface area contributed by atoms with Gasteiger partial charge in [-0.3, -0.25) is 4.98 Å². The Labute approximate surface area is 169 Å². The topological polar surface area (TPSA) is 82.3 Å². The van der Waals surface area contributed by atoms with Crippen LogP contribution in [0.5, 0.6) is 5.75 Å². The smallest absolute Gasteiger partial charge is 0.238 e. The van der Waals surface area contributed by atoms with Crippen LogP contribution in [-0.4, -0.2) is 13.4 Å². The van der Waals surface area contributed by atoms with Crippen LogP contribution in [0.4, 0.5) is 0 Å². The van der Waals surface area contributed by atoms with E-state index in [2.05, 4.69) is 4.98 Å². The van der Waals surface area contributed by atoms with Gasteiger partial charge in [0.25, 0.3) is 0 Å². The number of hydrogen-bond donors (Lipinski definition) is 1. The molecule has 0 aliphatic heterocycles. The van der Waals surface area contributed by atoms with Gasteiger partial charge in [-0.1, -0.05) is 54.6 Å². The zero-order chi connectivity index (χ0) is 20.4. The average molecular weight is 404 g/mol. The van der Waals surface area contributed by atoms with Crippen LogP contribution in [-0.2, 0) is 16.6 Å². The first-order valence-electron chi connectivity index (χ1n) is 9.12. The highest BCUT2D eigenvalue weighted by Gasteiger charge is 2.14. The lowest BCUT2D eigenvalue weighted by Gasteiger charge is -2.11. The number of hydrogen-bond acceptors (Lipinski definition) is 4. The summed E-state index contributed by atoms with van der Waals surface area (Å²) in [5, 5.41) is 6.31. The molecule has 0 spiro atoms. The summed E-state index contributed by atoms with van der Waals surface area (Å²) in [6, 6.07) is 24.1. The summed E-state index contributed by atoms with van der Waals surface area (Å²) in [7, 11) is -3.79. The van der Waals surface area contributed by atoms with Crippen molar-refractivity contribution in [1.82, 2.24) is 4.98 Å². The van der Waals surface area contributed by atoms with E-state index in [0.717, 1.165) is 33.5 Å². The van der Waals surface area contributed by atoms with Crippen LogP contribution in [0, 0.1) is 6.92 Å². The molecule has 0 atom stereocenters. The lowest BCUT2D eigenvalue weighted by molar-refractivity contribution is 0.309. The summed E-state index contributed by atoms with van der Waals surface area (Å²) in [4.78, 5) is 4.64. The standard InChI is InChI=1S/C23H20N2O3S/c1-16-14-22(20-7-2-4-8-21(20)25-16)28-15-17-10-12-18(13-11-17)19-6-3-5-9-23(19)29(24,26)27/h2-14H,15H2,1H3,(H2,24,26,27). The molecule has 2 N–H and O–H groups in total. The maximum Gasteiger partial charge on any atom is 0.238 e. The first kappa shape index (κ1) is 19.1. The van der Waals surface area contributed by atoms with E-state index in [1.165, 1.54) is 6.07 Å². The molecule has 0 unspecified atom stereocenters. The predicted octanol–water partition coefficient (Wildman–Crippen LogP) is 4.44. The minimum absolute atomic E-state index is 0.114. The summed E-state index contributed by atoms with van der Waals surface area (Å²) in [6.45, 7) is 2.33. The van der Waals surface area contributed by atoms with Gasteiger partial charge in [0.2, 0.25) is 10.0 Å². The zero-order valence-electron chi connectivity index (χ0n) is 15.9. The van der Waals surface area contributed by atoms with E-state index < -0.39 is 10.0 Å². The Bertz CT molecular complexity index is 1280. The van der Waals surface area contributed by atoms with Gasteiger partial charge in [-0.25, -0.2) is 13.6 Å². The molecule has 0 fully saturated rings. The molecular formula is C23H20N2O3S. The number of nitrogens with two attached hydrogens (primary N) is 1. The minimum Gasteiger partial charge on any atom is -0.488 e. The number of sulfonamides is 1. The summed E-state index contributed by atoms with van der Waals surface area (Å²) < 4.78 is 29.7. The third-order valence-corrected chi connectivity index (χ3v) is 5.63. The van der Waals surface area contributed by atoms with Gasteiger partial charge in [0.15, 0.2) is 0 Å². The molecule has 3 aromatic carbocycles. The van der Waals surface area contributed by atoms with Crippen LogP contribution in [0.25, 0.3) is 22.0 Å². The number of benzene rings is 3. The van der Waals surface area contributed by atoms with Crippen molar-refractivity contribution in [2.45, 2.75) is 18.4 Å². The van der Waals surface area contributed by atoms with Crippen LogP contribution in [0.1, 0.15) is 11.3 Å². The quantitative estimate of drug-likeness (QED) is 0.533. The van der Waals surface area contributed by atoms with Gasteiger partial charge >= 0.3 is 0 Å². The SMILES string of the molecule is Cc1cc(OCc2ccc(-c3ccccc3S(N)(=O)=O)cc2)c2ccccc2n1. The largest absolute Gasteiger partial charge is 0.488 e. The first-order valence-corrected chi connectivity index (χ1v) is 10.7. The van der Waals surface area contributed by atoms with E-state index in [9.17, 15) is 8.42 Å². The molecule has 4 aromatic rings. The maximum atomic E-state index is 11.8. The van der Waals surface area contributed by atoms with E-state index in [0.29, 0.717) is 12.2 Å². The van der Waals surface area contributed by atoms with Crippen molar-refractivity contribution in [3.63, 3.8) is 0 Å². The molecule has 146 valence electrons. The van der Waals surface area contributed by atoms with Gasteiger partial charge in [0.1, 0.15) is 12.4 Å². The van der Waals surface area contributed by atoms with Crippen LogP contribution < -0.4 is 9.88 Å². The first-order chi connectivity index (χ1) is 13.9. The monoisotopic (exact) mass is 404 g/mol. The van der Waals surface area contributed by atoms with Crippen molar-refractivity contribution in [2.75, 3.05) is 0 Å². The van der Waals surface area contributed by atoms with Crippen molar-refractivity contribution < 1.29 is 13.2 Å². The van der Waals surface area contributed by atoms with Gasteiger partial charge in [-0.15, -0.1) is 0 Å². The van der Waals surface area contributed by atoms with E-state index in [1.807, 2.05) is 61.5 Å². The molecular weight excluding hydrogens is 384 g/mol. The van der Waals surface area contributed by atoms with Crippen LogP contribution in [0.15, 0.2) is 83.8 Å². The Morgan fingerprint density at radius 3 is 2.38 bits per heavy atom. The van der Waals surface area contributed by atoms with Crippen molar-refractivity contribution >= 4 is 20.9 Å². The summed E-state index contributed by atoms with van der Waals surface area (Å²) in [5.74, 6) is 0.789. The van der Waals surface area contributed by atoms with Crippen LogP contribution in [0.2, 0.25) is 0 Å². The highest BCUT2D eigenvalue weighted by molar-refractivity contribution is 7.89. The number of para-hydroxylation sites is 1. The minimum atomic E-state index is -3.79. The van der Waals surface area contributed by atoms with Crippen molar-refractivity contribution in [3.05, 3.63) is 90.1 Å². The fourth-order valence-electron chi connectivity index (χ4n) is 3.28.